The van der Waals surface area contributed by atoms with Gasteiger partial charge in [-0.3, -0.25) is 9.48 Å². The molecule has 1 amide bonds. The Morgan fingerprint density at radius 3 is 2.39 bits per heavy atom. The van der Waals surface area contributed by atoms with Gasteiger partial charge >= 0.3 is 12.0 Å². The quantitative estimate of drug-likeness (QED) is 0.752. The molecule has 146 valence electrons. The summed E-state index contributed by atoms with van der Waals surface area (Å²) in [5.41, 5.74) is 1.73. The van der Waals surface area contributed by atoms with Gasteiger partial charge in [-0.2, -0.15) is 4.68 Å². The van der Waals surface area contributed by atoms with Crippen LogP contribution in [0, 0.1) is 6.92 Å². The highest BCUT2D eigenvalue weighted by molar-refractivity contribution is 6.02. The number of nitrogens with zero attached hydrogens (tertiary/aromatic N) is 3. The highest BCUT2D eigenvalue weighted by atomic mass is 16.4. The van der Waals surface area contributed by atoms with E-state index in [4.69, 9.17) is 0 Å². The largest absolute Gasteiger partial charge is 0.478 e. The number of hydrogen-bond donors (Lipinski definition) is 1. The summed E-state index contributed by atoms with van der Waals surface area (Å²) in [6, 6.07) is 11.6. The molecule has 3 aromatic rings. The number of hydrogen-bond acceptors (Lipinski definition) is 3. The summed E-state index contributed by atoms with van der Waals surface area (Å²) in [5, 5.41) is 9.65. The lowest BCUT2D eigenvalue weighted by Crippen LogP contribution is -2.44. The number of carbonyl (C=O) groups is 2. The average molecular weight is 381 g/mol. The Bertz CT molecular complexity index is 1120. The first kappa shape index (κ1) is 19.4. The van der Waals surface area contributed by atoms with E-state index in [1.54, 1.807) is 4.90 Å². The molecule has 0 aliphatic rings. The second-order valence-corrected chi connectivity index (χ2v) is 7.08. The van der Waals surface area contributed by atoms with E-state index in [-0.39, 0.29) is 22.5 Å². The van der Waals surface area contributed by atoms with Crippen molar-refractivity contribution < 1.29 is 14.7 Å². The van der Waals surface area contributed by atoms with Crippen molar-refractivity contribution in [3.63, 3.8) is 0 Å². The fraction of sp³-hybridized carbons (Fsp3) is 0.286. The minimum atomic E-state index is -1.15. The maximum absolute atomic E-state index is 13.3. The molecular formula is C21H23N3O4. The average Bonchev–Trinajstić information content (AvgIpc) is 2.91. The SMILES string of the molecule is Cc1ccccc1CN(C(=O)n1c(=O)c2cccc(C(=O)O)c2n1C)C(C)C. The van der Waals surface area contributed by atoms with Gasteiger partial charge in [-0.1, -0.05) is 30.3 Å². The number of aryl methyl sites for hydroxylation is 2. The van der Waals surface area contributed by atoms with Crippen molar-refractivity contribution >= 4 is 22.9 Å². The van der Waals surface area contributed by atoms with Crippen molar-refractivity contribution in [2.45, 2.75) is 33.4 Å². The molecule has 2 aromatic carbocycles. The lowest BCUT2D eigenvalue weighted by molar-refractivity contribution is 0.0698. The summed E-state index contributed by atoms with van der Waals surface area (Å²) in [6.07, 6.45) is 0. The van der Waals surface area contributed by atoms with Crippen molar-refractivity contribution in [2.75, 3.05) is 0 Å². The second-order valence-electron chi connectivity index (χ2n) is 7.08. The summed E-state index contributed by atoms with van der Waals surface area (Å²) >= 11 is 0. The Balaban J connectivity index is 2.13. The molecule has 0 spiro atoms. The Hall–Kier alpha value is -3.35. The van der Waals surface area contributed by atoms with Gasteiger partial charge in [-0.25, -0.2) is 9.59 Å². The molecule has 1 heterocycles. The van der Waals surface area contributed by atoms with Gasteiger partial charge in [-0.05, 0) is 44.0 Å². The molecule has 28 heavy (non-hydrogen) atoms. The molecule has 0 aliphatic carbocycles. The van der Waals surface area contributed by atoms with E-state index in [2.05, 4.69) is 0 Å². The third-order valence-electron chi connectivity index (χ3n) is 4.96. The highest BCUT2D eigenvalue weighted by Gasteiger charge is 2.26. The van der Waals surface area contributed by atoms with Crippen LogP contribution in [0.15, 0.2) is 47.3 Å². The fourth-order valence-corrected chi connectivity index (χ4v) is 3.37. The van der Waals surface area contributed by atoms with Gasteiger partial charge in [0.1, 0.15) is 0 Å². The first-order chi connectivity index (χ1) is 13.2. The minimum Gasteiger partial charge on any atom is -0.478 e. The van der Waals surface area contributed by atoms with E-state index in [0.29, 0.717) is 6.54 Å². The molecule has 0 saturated heterocycles. The molecule has 7 nitrogen and oxygen atoms in total. The summed E-state index contributed by atoms with van der Waals surface area (Å²) in [6.45, 7) is 6.09. The standard InChI is InChI=1S/C21H23N3O4/c1-13(2)23(12-15-9-6-5-8-14(15)3)21(28)24-19(25)16-10-7-11-17(20(26)27)18(16)22(24)4/h5-11,13H,12H2,1-4H3,(H,26,27). The highest BCUT2D eigenvalue weighted by Crippen LogP contribution is 2.18. The van der Waals surface area contributed by atoms with E-state index >= 15 is 0 Å². The van der Waals surface area contributed by atoms with Crippen LogP contribution < -0.4 is 5.56 Å². The number of fused-ring (bicyclic) bond motifs is 1. The first-order valence-electron chi connectivity index (χ1n) is 9.03. The molecule has 3 rings (SSSR count). The number of carbonyl (C=O) groups excluding carboxylic acids is 1. The first-order valence-corrected chi connectivity index (χ1v) is 9.03. The van der Waals surface area contributed by atoms with Crippen LogP contribution in [-0.4, -0.2) is 37.4 Å². The smallest absolute Gasteiger partial charge is 0.346 e. The molecule has 0 fully saturated rings. The summed E-state index contributed by atoms with van der Waals surface area (Å²) in [5.74, 6) is -1.15. The predicted octanol–water partition coefficient (Wildman–Crippen LogP) is 3.23. The van der Waals surface area contributed by atoms with Crippen LogP contribution >= 0.6 is 0 Å². The van der Waals surface area contributed by atoms with E-state index in [1.807, 2.05) is 45.0 Å². The third kappa shape index (κ3) is 3.19. The van der Waals surface area contributed by atoms with Crippen molar-refractivity contribution in [2.24, 2.45) is 7.05 Å². The summed E-state index contributed by atoms with van der Waals surface area (Å²) in [7, 11) is 1.53. The number of aromatic nitrogens is 2. The molecule has 7 heteroatoms. The maximum atomic E-state index is 13.3. The number of para-hydroxylation sites is 1. The molecule has 0 bridgehead atoms. The molecule has 0 aliphatic heterocycles. The topological polar surface area (TPSA) is 84.5 Å². The molecule has 0 saturated carbocycles. The fourth-order valence-electron chi connectivity index (χ4n) is 3.37. The van der Waals surface area contributed by atoms with Crippen LogP contribution in [0.25, 0.3) is 10.9 Å². The van der Waals surface area contributed by atoms with Crippen molar-refractivity contribution in [1.82, 2.24) is 14.3 Å². The number of carboxylic acids is 1. The zero-order valence-corrected chi connectivity index (χ0v) is 16.3. The lowest BCUT2D eigenvalue weighted by atomic mass is 10.1. The summed E-state index contributed by atoms with van der Waals surface area (Å²) in [4.78, 5) is 39.4. The van der Waals surface area contributed by atoms with Gasteiger partial charge in [0.15, 0.2) is 0 Å². The second kappa shape index (κ2) is 7.34. The van der Waals surface area contributed by atoms with Crippen LogP contribution in [0.5, 0.6) is 0 Å². The van der Waals surface area contributed by atoms with E-state index in [0.717, 1.165) is 15.8 Å². The van der Waals surface area contributed by atoms with Gasteiger partial charge in [0, 0.05) is 19.6 Å². The van der Waals surface area contributed by atoms with Crippen LogP contribution in [0.1, 0.15) is 35.3 Å². The zero-order valence-electron chi connectivity index (χ0n) is 16.3. The Kier molecular flexibility index (Phi) is 5.09. The molecule has 0 unspecified atom stereocenters. The monoisotopic (exact) mass is 381 g/mol. The van der Waals surface area contributed by atoms with Crippen molar-refractivity contribution in [3.8, 4) is 0 Å². The van der Waals surface area contributed by atoms with Gasteiger partial charge < -0.3 is 10.0 Å². The van der Waals surface area contributed by atoms with Gasteiger partial charge in [0.05, 0.1) is 16.5 Å². The van der Waals surface area contributed by atoms with Crippen LogP contribution in [0.3, 0.4) is 0 Å². The molecule has 1 N–H and O–H groups in total. The minimum absolute atomic E-state index is 0.0151. The number of rotatable bonds is 4. The van der Waals surface area contributed by atoms with Gasteiger partial charge in [-0.15, -0.1) is 0 Å². The third-order valence-corrected chi connectivity index (χ3v) is 4.96. The lowest BCUT2D eigenvalue weighted by Gasteiger charge is -2.27. The Labute approximate surface area is 162 Å². The Morgan fingerprint density at radius 2 is 1.79 bits per heavy atom. The normalized spacial score (nSPS) is 11.2. The zero-order chi connectivity index (χ0) is 20.6. The number of carboxylic acid groups (broad SMARTS) is 1. The predicted molar refractivity (Wildman–Crippen MR) is 107 cm³/mol. The molecule has 0 atom stereocenters. The van der Waals surface area contributed by atoms with Crippen LogP contribution in [0.4, 0.5) is 4.79 Å². The van der Waals surface area contributed by atoms with Gasteiger partial charge in [0.25, 0.3) is 5.56 Å². The van der Waals surface area contributed by atoms with Crippen molar-refractivity contribution in [1.29, 1.82) is 0 Å². The van der Waals surface area contributed by atoms with Crippen molar-refractivity contribution in [3.05, 3.63) is 69.5 Å². The van der Waals surface area contributed by atoms with E-state index in [1.165, 1.54) is 29.9 Å². The summed E-state index contributed by atoms with van der Waals surface area (Å²) < 4.78 is 2.34. The number of benzene rings is 2. The Morgan fingerprint density at radius 1 is 1.11 bits per heavy atom. The number of amides is 1. The van der Waals surface area contributed by atoms with Crippen LogP contribution in [-0.2, 0) is 13.6 Å². The van der Waals surface area contributed by atoms with Crippen LogP contribution in [0.2, 0.25) is 0 Å². The van der Waals surface area contributed by atoms with E-state index < -0.39 is 17.6 Å². The molecule has 1 aromatic heterocycles. The van der Waals surface area contributed by atoms with Gasteiger partial charge in [0.2, 0.25) is 0 Å². The van der Waals surface area contributed by atoms with E-state index in [9.17, 15) is 19.5 Å². The molecular weight excluding hydrogens is 358 g/mol. The molecule has 0 radical (unpaired) electrons. The maximum Gasteiger partial charge on any atom is 0.346 e. The number of aromatic carboxylic acids is 1.